The number of carbonyl (C=O) groups excluding carboxylic acids is 1. The van der Waals surface area contributed by atoms with Crippen LogP contribution in [-0.4, -0.2) is 28.2 Å². The average molecular weight is 495 g/mol. The SMILES string of the molecule is COc1cccc(NC(=O)C(Sc2n[nH]c(-c3ccccc3Br)n2)c2ccccc2)c1. The van der Waals surface area contributed by atoms with Crippen molar-refractivity contribution >= 4 is 39.3 Å². The van der Waals surface area contributed by atoms with E-state index in [1.807, 2.05) is 72.8 Å². The maximum atomic E-state index is 13.2. The van der Waals surface area contributed by atoms with Gasteiger partial charge in [-0.05, 0) is 23.8 Å². The first-order chi connectivity index (χ1) is 15.1. The van der Waals surface area contributed by atoms with Gasteiger partial charge in [0, 0.05) is 21.8 Å². The van der Waals surface area contributed by atoms with Gasteiger partial charge in [0.2, 0.25) is 11.1 Å². The molecule has 0 saturated heterocycles. The zero-order chi connectivity index (χ0) is 21.6. The number of ether oxygens (including phenoxy) is 1. The summed E-state index contributed by atoms with van der Waals surface area (Å²) in [7, 11) is 1.59. The average Bonchev–Trinajstić information content (AvgIpc) is 3.27. The minimum atomic E-state index is -0.532. The first kappa shape index (κ1) is 21.1. The largest absolute Gasteiger partial charge is 0.497 e. The molecule has 0 spiro atoms. The number of hydrogen-bond donors (Lipinski definition) is 2. The van der Waals surface area contributed by atoms with Gasteiger partial charge in [-0.3, -0.25) is 9.89 Å². The van der Waals surface area contributed by atoms with Gasteiger partial charge >= 0.3 is 0 Å². The van der Waals surface area contributed by atoms with Gasteiger partial charge in [0.05, 0.1) is 7.11 Å². The van der Waals surface area contributed by atoms with Crippen LogP contribution in [0.3, 0.4) is 0 Å². The molecule has 3 aromatic carbocycles. The summed E-state index contributed by atoms with van der Waals surface area (Å²) < 4.78 is 6.16. The van der Waals surface area contributed by atoms with E-state index in [2.05, 4.69) is 36.4 Å². The van der Waals surface area contributed by atoms with Crippen molar-refractivity contribution in [1.29, 1.82) is 0 Å². The van der Waals surface area contributed by atoms with Crippen LogP contribution in [0.25, 0.3) is 11.4 Å². The summed E-state index contributed by atoms with van der Waals surface area (Å²) in [6, 6.07) is 24.6. The molecule has 1 aromatic heterocycles. The number of methoxy groups -OCH3 is 1. The van der Waals surface area contributed by atoms with Gasteiger partial charge in [-0.1, -0.05) is 82.3 Å². The second-order valence-corrected chi connectivity index (χ2v) is 8.50. The van der Waals surface area contributed by atoms with Crippen molar-refractivity contribution in [3.8, 4) is 17.1 Å². The molecule has 4 aromatic rings. The molecule has 0 bridgehead atoms. The molecule has 0 aliphatic carbocycles. The van der Waals surface area contributed by atoms with E-state index in [-0.39, 0.29) is 5.91 Å². The second-order valence-electron chi connectivity index (χ2n) is 6.58. The number of nitrogens with zero attached hydrogens (tertiary/aromatic N) is 2. The molecule has 2 N–H and O–H groups in total. The standard InChI is InChI=1S/C23H19BrN4O2S/c1-30-17-11-7-10-16(14-17)25-22(29)20(15-8-3-2-4-9-15)31-23-26-21(27-28-23)18-12-5-6-13-19(18)24/h2-14,20H,1H3,(H,25,29)(H,26,27,28). The highest BCUT2D eigenvalue weighted by molar-refractivity contribution is 9.10. The predicted molar refractivity (Wildman–Crippen MR) is 126 cm³/mol. The number of carbonyl (C=O) groups is 1. The zero-order valence-corrected chi connectivity index (χ0v) is 19.0. The Hall–Kier alpha value is -3.10. The van der Waals surface area contributed by atoms with Crippen molar-refractivity contribution in [2.24, 2.45) is 0 Å². The molecule has 1 amide bonds. The Bertz CT molecular complexity index is 1180. The Morgan fingerprint density at radius 1 is 1.06 bits per heavy atom. The quantitative estimate of drug-likeness (QED) is 0.321. The van der Waals surface area contributed by atoms with Crippen molar-refractivity contribution in [1.82, 2.24) is 15.2 Å². The van der Waals surface area contributed by atoms with Gasteiger partial charge in [0.25, 0.3) is 0 Å². The lowest BCUT2D eigenvalue weighted by molar-refractivity contribution is -0.115. The fraction of sp³-hybridized carbons (Fsp3) is 0.0870. The summed E-state index contributed by atoms with van der Waals surface area (Å²) in [5.74, 6) is 1.14. The minimum Gasteiger partial charge on any atom is -0.497 e. The van der Waals surface area contributed by atoms with Crippen LogP contribution in [0.2, 0.25) is 0 Å². The predicted octanol–water partition coefficient (Wildman–Crippen LogP) is 5.71. The van der Waals surface area contributed by atoms with E-state index in [1.54, 1.807) is 13.2 Å². The molecule has 1 heterocycles. The summed E-state index contributed by atoms with van der Waals surface area (Å²) in [6.07, 6.45) is 0. The van der Waals surface area contributed by atoms with Crippen LogP contribution in [0, 0.1) is 0 Å². The van der Waals surface area contributed by atoms with Crippen LogP contribution >= 0.6 is 27.7 Å². The third-order valence-corrected chi connectivity index (χ3v) is 6.30. The summed E-state index contributed by atoms with van der Waals surface area (Å²) in [4.78, 5) is 17.8. The van der Waals surface area contributed by atoms with E-state index in [0.717, 1.165) is 15.6 Å². The monoisotopic (exact) mass is 494 g/mol. The van der Waals surface area contributed by atoms with Gasteiger partial charge in [-0.25, -0.2) is 4.98 Å². The number of H-pyrrole nitrogens is 1. The Morgan fingerprint density at radius 2 is 1.84 bits per heavy atom. The van der Waals surface area contributed by atoms with Crippen LogP contribution in [0.1, 0.15) is 10.8 Å². The van der Waals surface area contributed by atoms with Crippen molar-refractivity contribution in [3.63, 3.8) is 0 Å². The van der Waals surface area contributed by atoms with Crippen LogP contribution < -0.4 is 10.1 Å². The molecule has 8 heteroatoms. The van der Waals surface area contributed by atoms with E-state index >= 15 is 0 Å². The number of anilines is 1. The zero-order valence-electron chi connectivity index (χ0n) is 16.6. The number of amides is 1. The number of halogens is 1. The fourth-order valence-corrected chi connectivity index (χ4v) is 4.37. The summed E-state index contributed by atoms with van der Waals surface area (Å²) in [6.45, 7) is 0. The van der Waals surface area contributed by atoms with Crippen LogP contribution in [0.15, 0.2) is 88.5 Å². The molecule has 1 unspecified atom stereocenters. The lowest BCUT2D eigenvalue weighted by Crippen LogP contribution is -2.19. The molecule has 4 rings (SSSR count). The summed E-state index contributed by atoms with van der Waals surface area (Å²) in [5, 5.41) is 10.2. The third-order valence-electron chi connectivity index (χ3n) is 4.49. The van der Waals surface area contributed by atoms with Crippen molar-refractivity contribution in [2.75, 3.05) is 12.4 Å². The second kappa shape index (κ2) is 9.80. The minimum absolute atomic E-state index is 0.170. The molecule has 0 saturated carbocycles. The molecule has 0 aliphatic rings. The fourth-order valence-electron chi connectivity index (χ4n) is 2.99. The number of rotatable bonds is 7. The van der Waals surface area contributed by atoms with Gasteiger partial charge in [-0.2, -0.15) is 0 Å². The maximum Gasteiger partial charge on any atom is 0.242 e. The number of aromatic nitrogens is 3. The van der Waals surface area contributed by atoms with Crippen molar-refractivity contribution in [2.45, 2.75) is 10.4 Å². The molecule has 31 heavy (non-hydrogen) atoms. The van der Waals surface area contributed by atoms with Crippen LogP contribution in [0.5, 0.6) is 5.75 Å². The summed E-state index contributed by atoms with van der Waals surface area (Å²) >= 11 is 4.82. The summed E-state index contributed by atoms with van der Waals surface area (Å²) in [5.41, 5.74) is 2.42. The van der Waals surface area contributed by atoms with Crippen LogP contribution in [-0.2, 0) is 4.79 Å². The highest BCUT2D eigenvalue weighted by Crippen LogP contribution is 2.36. The topological polar surface area (TPSA) is 79.9 Å². The van der Waals surface area contributed by atoms with E-state index < -0.39 is 5.25 Å². The lowest BCUT2D eigenvalue weighted by atomic mass is 10.1. The Balaban J connectivity index is 1.59. The molecule has 0 fully saturated rings. The van der Waals surface area contributed by atoms with Gasteiger partial charge in [0.15, 0.2) is 5.82 Å². The number of benzene rings is 3. The highest BCUT2D eigenvalue weighted by atomic mass is 79.9. The molecule has 0 aliphatic heterocycles. The van der Waals surface area contributed by atoms with Gasteiger partial charge in [0.1, 0.15) is 11.0 Å². The number of hydrogen-bond acceptors (Lipinski definition) is 5. The lowest BCUT2D eigenvalue weighted by Gasteiger charge is -2.16. The van der Waals surface area contributed by atoms with E-state index in [0.29, 0.717) is 22.4 Å². The Kier molecular flexibility index (Phi) is 6.69. The first-order valence-electron chi connectivity index (χ1n) is 9.48. The van der Waals surface area contributed by atoms with Gasteiger partial charge < -0.3 is 10.1 Å². The molecule has 156 valence electrons. The van der Waals surface area contributed by atoms with Crippen LogP contribution in [0.4, 0.5) is 5.69 Å². The maximum absolute atomic E-state index is 13.2. The number of aromatic amines is 1. The van der Waals surface area contributed by atoms with Crippen molar-refractivity contribution < 1.29 is 9.53 Å². The molecular weight excluding hydrogens is 476 g/mol. The molecular formula is C23H19BrN4O2S. The number of thioether (sulfide) groups is 1. The van der Waals surface area contributed by atoms with E-state index in [4.69, 9.17) is 4.74 Å². The number of nitrogens with one attached hydrogen (secondary N) is 2. The molecule has 1 atom stereocenters. The molecule has 6 nitrogen and oxygen atoms in total. The van der Waals surface area contributed by atoms with Crippen molar-refractivity contribution in [3.05, 3.63) is 88.9 Å². The smallest absolute Gasteiger partial charge is 0.242 e. The Morgan fingerprint density at radius 3 is 2.61 bits per heavy atom. The normalized spacial score (nSPS) is 11.7. The van der Waals surface area contributed by atoms with Gasteiger partial charge in [-0.15, -0.1) is 5.10 Å². The van der Waals surface area contributed by atoms with E-state index in [9.17, 15) is 4.79 Å². The van der Waals surface area contributed by atoms with E-state index in [1.165, 1.54) is 11.8 Å². The molecule has 0 radical (unpaired) electrons. The first-order valence-corrected chi connectivity index (χ1v) is 11.1. The third kappa shape index (κ3) is 5.15. The Labute approximate surface area is 192 Å². The highest BCUT2D eigenvalue weighted by Gasteiger charge is 2.24.